The number of anilines is 3. The van der Waals surface area contributed by atoms with E-state index in [2.05, 4.69) is 4.98 Å². The molecule has 2 fully saturated rings. The molecule has 2 saturated heterocycles. The minimum atomic E-state index is -3.88. The van der Waals surface area contributed by atoms with Crippen LogP contribution in [0.3, 0.4) is 0 Å². The van der Waals surface area contributed by atoms with Gasteiger partial charge in [0.2, 0.25) is 25.8 Å². The lowest BCUT2D eigenvalue weighted by atomic mass is 10.2. The minimum Gasteiger partial charge on any atom is -0.489 e. The number of sulfonamides is 1. The van der Waals surface area contributed by atoms with E-state index in [1.54, 1.807) is 15.9 Å². The number of halogens is 1. The molecule has 0 bridgehead atoms. The largest absolute Gasteiger partial charge is 0.489 e. The van der Waals surface area contributed by atoms with Crippen LogP contribution in [0.1, 0.15) is 12.8 Å². The summed E-state index contributed by atoms with van der Waals surface area (Å²) in [6.07, 6.45) is 1.17. The Morgan fingerprint density at radius 2 is 1.60 bits per heavy atom. The van der Waals surface area contributed by atoms with Gasteiger partial charge in [-0.1, -0.05) is 11.6 Å². The van der Waals surface area contributed by atoms with Crippen LogP contribution in [0.15, 0.2) is 69.3 Å². The molecule has 1 aromatic heterocycles. The van der Waals surface area contributed by atoms with Crippen LogP contribution in [0.25, 0.3) is 0 Å². The first-order valence-electron chi connectivity index (χ1n) is 12.7. The van der Waals surface area contributed by atoms with Gasteiger partial charge >= 0.3 is 0 Å². The van der Waals surface area contributed by atoms with E-state index in [1.807, 2.05) is 0 Å². The van der Waals surface area contributed by atoms with Crippen molar-refractivity contribution in [1.29, 1.82) is 0 Å². The van der Waals surface area contributed by atoms with Gasteiger partial charge in [-0.2, -0.15) is 4.31 Å². The van der Waals surface area contributed by atoms with Gasteiger partial charge in [-0.05, 0) is 55.0 Å². The van der Waals surface area contributed by atoms with E-state index in [4.69, 9.17) is 22.1 Å². The number of rotatable bonds is 5. The molecule has 210 valence electrons. The normalized spacial score (nSPS) is 19.7. The lowest BCUT2D eigenvalue weighted by Gasteiger charge is -2.35. The van der Waals surface area contributed by atoms with Crippen LogP contribution in [0.4, 0.5) is 17.2 Å². The Labute approximate surface area is 237 Å². The number of amides is 1. The molecule has 2 aromatic carbocycles. The van der Waals surface area contributed by atoms with E-state index in [0.717, 1.165) is 6.42 Å². The van der Waals surface area contributed by atoms with Crippen molar-refractivity contribution in [1.82, 2.24) is 9.29 Å². The van der Waals surface area contributed by atoms with Crippen LogP contribution in [-0.2, 0) is 24.7 Å². The summed E-state index contributed by atoms with van der Waals surface area (Å²) < 4.78 is 60.5. The van der Waals surface area contributed by atoms with Crippen molar-refractivity contribution in [2.24, 2.45) is 0 Å². The zero-order chi connectivity index (χ0) is 28.2. The number of carbonyl (C=O) groups is 1. The SMILES string of the molecule is Nc1ccc(S(=O)(=O)c2cc(Cl)nc(N3CCN(S(=O)(=O)c4ccc5c(c4)OCC4CCC(=O)N54)CC3)c2)cc1. The lowest BCUT2D eigenvalue weighted by Crippen LogP contribution is -2.49. The number of nitrogens with two attached hydrogens (primary N) is 1. The molecule has 40 heavy (non-hydrogen) atoms. The predicted octanol–water partition coefficient (Wildman–Crippen LogP) is 2.55. The number of hydrogen-bond donors (Lipinski definition) is 1. The summed E-state index contributed by atoms with van der Waals surface area (Å²) in [6, 6.07) is 13.2. The van der Waals surface area contributed by atoms with E-state index >= 15 is 0 Å². The van der Waals surface area contributed by atoms with E-state index in [9.17, 15) is 21.6 Å². The highest BCUT2D eigenvalue weighted by Gasteiger charge is 2.38. The van der Waals surface area contributed by atoms with Crippen molar-refractivity contribution < 1.29 is 26.4 Å². The van der Waals surface area contributed by atoms with Crippen molar-refractivity contribution in [3.63, 3.8) is 0 Å². The number of piperazine rings is 1. The number of ether oxygens (including phenoxy) is 1. The first kappa shape index (κ1) is 26.8. The molecule has 1 unspecified atom stereocenters. The van der Waals surface area contributed by atoms with Crippen LogP contribution in [0.5, 0.6) is 5.75 Å². The van der Waals surface area contributed by atoms with Gasteiger partial charge in [0.05, 0.1) is 26.4 Å². The van der Waals surface area contributed by atoms with Crippen LogP contribution >= 0.6 is 11.6 Å². The maximum absolute atomic E-state index is 13.5. The monoisotopic (exact) mass is 603 g/mol. The average molecular weight is 604 g/mol. The number of fused-ring (bicyclic) bond motifs is 3. The van der Waals surface area contributed by atoms with Crippen molar-refractivity contribution in [3.05, 3.63) is 59.8 Å². The maximum atomic E-state index is 13.5. The van der Waals surface area contributed by atoms with Gasteiger partial charge < -0.3 is 20.3 Å². The Hall–Kier alpha value is -3.39. The maximum Gasteiger partial charge on any atom is 0.243 e. The average Bonchev–Trinajstić information content (AvgIpc) is 3.33. The summed E-state index contributed by atoms with van der Waals surface area (Å²) in [5.41, 5.74) is 6.73. The zero-order valence-corrected chi connectivity index (χ0v) is 23.6. The number of hydrogen-bond acceptors (Lipinski definition) is 9. The molecule has 11 nitrogen and oxygen atoms in total. The van der Waals surface area contributed by atoms with Crippen molar-refractivity contribution >= 4 is 54.6 Å². The second-order valence-electron chi connectivity index (χ2n) is 9.84. The topological polar surface area (TPSA) is 143 Å². The second kappa shape index (κ2) is 9.91. The number of carbonyl (C=O) groups excluding carboxylic acids is 1. The molecule has 3 aliphatic heterocycles. The molecule has 6 rings (SSSR count). The number of benzene rings is 2. The fraction of sp³-hybridized carbons (Fsp3) is 0.308. The predicted molar refractivity (Wildman–Crippen MR) is 149 cm³/mol. The van der Waals surface area contributed by atoms with Gasteiger partial charge in [0.25, 0.3) is 0 Å². The number of sulfone groups is 1. The summed E-state index contributed by atoms with van der Waals surface area (Å²) in [6.45, 7) is 1.20. The lowest BCUT2D eigenvalue weighted by molar-refractivity contribution is -0.117. The Balaban J connectivity index is 1.19. The van der Waals surface area contributed by atoms with Crippen molar-refractivity contribution in [2.75, 3.05) is 48.3 Å². The fourth-order valence-corrected chi connectivity index (χ4v) is 8.26. The van der Waals surface area contributed by atoms with Crippen LogP contribution < -0.4 is 20.3 Å². The van der Waals surface area contributed by atoms with Crippen molar-refractivity contribution in [2.45, 2.75) is 33.6 Å². The molecule has 2 N–H and O–H groups in total. The number of pyridine rings is 1. The van der Waals surface area contributed by atoms with Gasteiger partial charge in [0, 0.05) is 44.4 Å². The first-order chi connectivity index (χ1) is 19.0. The summed E-state index contributed by atoms with van der Waals surface area (Å²) in [5.74, 6) is 0.732. The third kappa shape index (κ3) is 4.66. The van der Waals surface area contributed by atoms with Gasteiger partial charge in [-0.25, -0.2) is 21.8 Å². The summed E-state index contributed by atoms with van der Waals surface area (Å²) in [4.78, 5) is 20.3. The molecule has 0 radical (unpaired) electrons. The number of nitrogen functional groups attached to an aromatic ring is 1. The molecule has 3 aliphatic rings. The molecule has 1 atom stereocenters. The first-order valence-corrected chi connectivity index (χ1v) is 16.0. The Morgan fingerprint density at radius 1 is 0.900 bits per heavy atom. The molecule has 3 aromatic rings. The Morgan fingerprint density at radius 3 is 2.33 bits per heavy atom. The Bertz CT molecular complexity index is 1710. The van der Waals surface area contributed by atoms with E-state index in [1.165, 1.54) is 52.8 Å². The van der Waals surface area contributed by atoms with E-state index in [0.29, 0.717) is 36.0 Å². The third-order valence-electron chi connectivity index (χ3n) is 7.40. The molecule has 4 heterocycles. The highest BCUT2D eigenvalue weighted by atomic mass is 35.5. The molecular weight excluding hydrogens is 578 g/mol. The van der Waals surface area contributed by atoms with Gasteiger partial charge in [0.15, 0.2) is 0 Å². The molecule has 1 amide bonds. The quantitative estimate of drug-likeness (QED) is 0.344. The van der Waals surface area contributed by atoms with Gasteiger partial charge in [-0.3, -0.25) is 4.79 Å². The zero-order valence-electron chi connectivity index (χ0n) is 21.2. The number of nitrogens with zero attached hydrogens (tertiary/aromatic N) is 4. The van der Waals surface area contributed by atoms with Crippen molar-refractivity contribution in [3.8, 4) is 5.75 Å². The number of aromatic nitrogens is 1. The Kier molecular flexibility index (Phi) is 6.64. The summed E-state index contributed by atoms with van der Waals surface area (Å²) in [5, 5.41) is 0.00866. The van der Waals surface area contributed by atoms with E-state index < -0.39 is 19.9 Å². The summed E-state index contributed by atoms with van der Waals surface area (Å²) in [7, 11) is -7.72. The summed E-state index contributed by atoms with van der Waals surface area (Å²) >= 11 is 6.21. The molecular formula is C26H26ClN5O6S2. The third-order valence-corrected chi connectivity index (χ3v) is 11.2. The molecule has 0 saturated carbocycles. The standard InChI is InChI=1S/C26H26ClN5O6S2/c27-24-14-21(39(34,35)19-4-1-17(28)2-5-19)15-25(29-24)30-9-11-31(12-10-30)40(36,37)20-6-7-22-23(13-20)38-16-18-3-8-26(33)32(18)22/h1-2,4-7,13-15,18H,3,8-12,16,28H2. The molecule has 0 aliphatic carbocycles. The fourth-order valence-electron chi connectivity index (χ4n) is 5.25. The molecule has 0 spiro atoms. The van der Waals surface area contributed by atoms with Gasteiger partial charge in [0.1, 0.15) is 23.3 Å². The van der Waals surface area contributed by atoms with Crippen LogP contribution in [0, 0.1) is 0 Å². The minimum absolute atomic E-state index is 0.00866. The highest BCUT2D eigenvalue weighted by molar-refractivity contribution is 7.91. The van der Waals surface area contributed by atoms with Crippen LogP contribution in [0.2, 0.25) is 5.15 Å². The van der Waals surface area contributed by atoms with Gasteiger partial charge in [-0.15, -0.1) is 0 Å². The van der Waals surface area contributed by atoms with Crippen LogP contribution in [-0.4, -0.2) is 70.9 Å². The van der Waals surface area contributed by atoms with E-state index in [-0.39, 0.29) is 58.0 Å². The smallest absolute Gasteiger partial charge is 0.243 e. The molecule has 14 heteroatoms. The highest BCUT2D eigenvalue weighted by Crippen LogP contribution is 2.40. The second-order valence-corrected chi connectivity index (χ2v) is 14.1.